The van der Waals surface area contributed by atoms with E-state index in [2.05, 4.69) is 21.0 Å². The molecule has 1 aromatic rings. The van der Waals surface area contributed by atoms with E-state index in [1.807, 2.05) is 17.9 Å². The summed E-state index contributed by atoms with van der Waals surface area (Å²) in [6.07, 6.45) is 14.6. The second-order valence-corrected chi connectivity index (χ2v) is 9.96. The summed E-state index contributed by atoms with van der Waals surface area (Å²) in [7, 11) is 2.05. The number of piperidine rings is 3. The van der Waals surface area contributed by atoms with Crippen molar-refractivity contribution in [1.82, 2.24) is 19.6 Å². The summed E-state index contributed by atoms with van der Waals surface area (Å²) >= 11 is 0. The molecule has 3 saturated heterocycles. The number of carbonyl (C=O) groups is 1. The van der Waals surface area contributed by atoms with Crippen LogP contribution in [0.4, 0.5) is 0 Å². The molecule has 0 unspecified atom stereocenters. The van der Waals surface area contributed by atoms with Crippen LogP contribution in [0.1, 0.15) is 69.9 Å². The lowest BCUT2D eigenvalue weighted by atomic mass is 9.69. The second kappa shape index (κ2) is 7.81. The van der Waals surface area contributed by atoms with Gasteiger partial charge in [0.25, 0.3) is 0 Å². The summed E-state index contributed by atoms with van der Waals surface area (Å²) in [6, 6.07) is 3.15. The lowest BCUT2D eigenvalue weighted by Crippen LogP contribution is -2.65. The second-order valence-electron chi connectivity index (χ2n) is 9.96. The highest BCUT2D eigenvalue weighted by atomic mass is 16.2. The summed E-state index contributed by atoms with van der Waals surface area (Å²) in [6.45, 7) is 3.29. The molecule has 154 valence electrons. The first-order valence-corrected chi connectivity index (χ1v) is 11.7. The quantitative estimate of drug-likeness (QED) is 0.797. The van der Waals surface area contributed by atoms with Gasteiger partial charge in [-0.1, -0.05) is 32.1 Å². The van der Waals surface area contributed by atoms with E-state index in [-0.39, 0.29) is 0 Å². The lowest BCUT2D eigenvalue weighted by molar-refractivity contribution is -0.154. The topological polar surface area (TPSA) is 41.4 Å². The number of aryl methyl sites for hydroxylation is 1. The average molecular weight is 385 g/mol. The predicted octanol–water partition coefficient (Wildman–Crippen LogP) is 3.59. The van der Waals surface area contributed by atoms with Crippen LogP contribution < -0.4 is 0 Å². The zero-order valence-corrected chi connectivity index (χ0v) is 17.4. The highest BCUT2D eigenvalue weighted by molar-refractivity contribution is 5.78. The molecule has 5 nitrogen and oxygen atoms in total. The van der Waals surface area contributed by atoms with E-state index in [9.17, 15) is 4.79 Å². The van der Waals surface area contributed by atoms with Crippen LogP contribution in [0.2, 0.25) is 0 Å². The first-order chi connectivity index (χ1) is 13.7. The molecule has 0 spiro atoms. The summed E-state index contributed by atoms with van der Waals surface area (Å²) in [5, 5.41) is 4.36. The van der Waals surface area contributed by atoms with Crippen LogP contribution in [0.25, 0.3) is 0 Å². The average Bonchev–Trinajstić information content (AvgIpc) is 3.10. The number of aromatic nitrogens is 2. The van der Waals surface area contributed by atoms with E-state index < -0.39 is 0 Å². The van der Waals surface area contributed by atoms with Gasteiger partial charge < -0.3 is 4.90 Å². The monoisotopic (exact) mass is 384 g/mol. The molecule has 0 N–H and O–H groups in total. The fourth-order valence-corrected chi connectivity index (χ4v) is 6.85. The van der Waals surface area contributed by atoms with Crippen LogP contribution in [0.15, 0.2) is 12.3 Å². The predicted molar refractivity (Wildman–Crippen MR) is 110 cm³/mol. The number of hydrogen-bond acceptors (Lipinski definition) is 3. The lowest BCUT2D eigenvalue weighted by Gasteiger charge is -2.57. The van der Waals surface area contributed by atoms with Crippen molar-refractivity contribution >= 4 is 5.91 Å². The van der Waals surface area contributed by atoms with Crippen LogP contribution in [0.5, 0.6) is 0 Å². The van der Waals surface area contributed by atoms with Gasteiger partial charge in [0.2, 0.25) is 5.91 Å². The van der Waals surface area contributed by atoms with Crippen molar-refractivity contribution in [3.8, 4) is 0 Å². The Kier molecular flexibility index (Phi) is 5.20. The van der Waals surface area contributed by atoms with Crippen molar-refractivity contribution in [2.24, 2.45) is 24.8 Å². The molecule has 28 heavy (non-hydrogen) atoms. The van der Waals surface area contributed by atoms with Crippen molar-refractivity contribution in [1.29, 1.82) is 0 Å². The number of nitrogens with zero attached hydrogens (tertiary/aromatic N) is 4. The first kappa shape index (κ1) is 18.7. The largest absolute Gasteiger partial charge is 0.336 e. The van der Waals surface area contributed by atoms with Gasteiger partial charge in [0.05, 0.1) is 5.69 Å². The van der Waals surface area contributed by atoms with Crippen LogP contribution >= 0.6 is 0 Å². The maximum atomic E-state index is 13.0. The van der Waals surface area contributed by atoms with E-state index in [0.29, 0.717) is 29.8 Å². The van der Waals surface area contributed by atoms with Crippen LogP contribution in [0, 0.1) is 17.8 Å². The van der Waals surface area contributed by atoms with E-state index in [1.165, 1.54) is 57.1 Å². The van der Waals surface area contributed by atoms with Gasteiger partial charge in [0, 0.05) is 51.4 Å². The highest BCUT2D eigenvalue weighted by Crippen LogP contribution is 2.44. The Morgan fingerprint density at radius 2 is 1.89 bits per heavy atom. The van der Waals surface area contributed by atoms with Crippen LogP contribution in [-0.2, 0) is 18.4 Å². The Morgan fingerprint density at radius 1 is 1.07 bits per heavy atom. The van der Waals surface area contributed by atoms with Gasteiger partial charge in [-0.3, -0.25) is 14.4 Å². The van der Waals surface area contributed by atoms with E-state index >= 15 is 0 Å². The van der Waals surface area contributed by atoms with Gasteiger partial charge in [0.1, 0.15) is 0 Å². The Bertz CT molecular complexity index is 695. The number of carbonyl (C=O) groups excluding carboxylic acids is 1. The molecule has 0 radical (unpaired) electrons. The molecule has 4 atom stereocenters. The van der Waals surface area contributed by atoms with Crippen molar-refractivity contribution in [2.75, 3.05) is 13.1 Å². The van der Waals surface area contributed by atoms with Gasteiger partial charge in [-0.2, -0.15) is 5.10 Å². The number of fused-ring (bicyclic) bond motifs is 4. The molecule has 5 rings (SSSR count). The Hall–Kier alpha value is -1.36. The third-order valence-electron chi connectivity index (χ3n) is 8.18. The number of amides is 1. The number of rotatable bonds is 4. The van der Waals surface area contributed by atoms with E-state index in [4.69, 9.17) is 0 Å². The molecule has 1 aliphatic carbocycles. The van der Waals surface area contributed by atoms with Gasteiger partial charge >= 0.3 is 0 Å². The smallest absolute Gasteiger partial charge is 0.223 e. The normalized spacial score (nSPS) is 34.5. The fraction of sp³-hybridized carbons (Fsp3) is 0.826. The number of hydrogen-bond donors (Lipinski definition) is 0. The standard InChI is InChI=1S/C23H36N4O/c1-25-20(10-11-24-25)16-26-14-18-13-19(15-26)22(12-17-6-3-2-4-7-17)27-21(18)8-5-9-23(27)28/h10-11,17-19,21-22H,2-9,12-16H2,1H3/t18-,19+,21+,22+/m1/s1. The summed E-state index contributed by atoms with van der Waals surface area (Å²) in [5.41, 5.74) is 1.31. The van der Waals surface area contributed by atoms with Crippen molar-refractivity contribution in [3.63, 3.8) is 0 Å². The first-order valence-electron chi connectivity index (χ1n) is 11.7. The zero-order valence-electron chi connectivity index (χ0n) is 17.4. The van der Waals surface area contributed by atoms with Crippen LogP contribution in [-0.4, -0.2) is 50.7 Å². The minimum atomic E-state index is 0.465. The molecular weight excluding hydrogens is 348 g/mol. The Labute approximate surface area is 169 Å². The van der Waals surface area contributed by atoms with Gasteiger partial charge in [-0.05, 0) is 49.5 Å². The molecule has 0 aromatic carbocycles. The highest BCUT2D eigenvalue weighted by Gasteiger charge is 2.49. The van der Waals surface area contributed by atoms with E-state index in [1.54, 1.807) is 0 Å². The van der Waals surface area contributed by atoms with Gasteiger partial charge in [-0.15, -0.1) is 0 Å². The molecule has 1 saturated carbocycles. The van der Waals surface area contributed by atoms with Gasteiger partial charge in [-0.25, -0.2) is 0 Å². The summed E-state index contributed by atoms with van der Waals surface area (Å²) < 4.78 is 2.01. The maximum Gasteiger partial charge on any atom is 0.223 e. The molecular formula is C23H36N4O. The van der Waals surface area contributed by atoms with Gasteiger partial charge in [0.15, 0.2) is 0 Å². The SMILES string of the molecule is Cn1nccc1CN1C[C@H]2C[C@@H](C1)[C@H](CC1CCCCC1)N1C(=O)CCC[C@@H]21. The minimum Gasteiger partial charge on any atom is -0.336 e. The maximum absolute atomic E-state index is 13.0. The fourth-order valence-electron chi connectivity index (χ4n) is 6.85. The van der Waals surface area contributed by atoms with Crippen LogP contribution in [0.3, 0.4) is 0 Å². The molecule has 3 aliphatic heterocycles. The zero-order chi connectivity index (χ0) is 19.1. The minimum absolute atomic E-state index is 0.465. The molecule has 2 bridgehead atoms. The van der Waals surface area contributed by atoms with Crippen molar-refractivity contribution in [3.05, 3.63) is 18.0 Å². The Balaban J connectivity index is 1.36. The molecule has 4 fully saturated rings. The molecule has 1 aromatic heterocycles. The van der Waals surface area contributed by atoms with E-state index in [0.717, 1.165) is 38.4 Å². The Morgan fingerprint density at radius 3 is 2.68 bits per heavy atom. The van der Waals surface area contributed by atoms with Crippen molar-refractivity contribution in [2.45, 2.75) is 82.8 Å². The summed E-state index contributed by atoms with van der Waals surface area (Å²) in [4.78, 5) is 18.1. The molecule has 1 amide bonds. The molecule has 4 heterocycles. The number of likely N-dealkylation sites (tertiary alicyclic amines) is 1. The summed E-state index contributed by atoms with van der Waals surface area (Å²) in [5.74, 6) is 2.64. The molecule has 4 aliphatic rings. The molecule has 5 heteroatoms. The third kappa shape index (κ3) is 3.51. The third-order valence-corrected chi connectivity index (χ3v) is 8.18. The van der Waals surface area contributed by atoms with Crippen molar-refractivity contribution < 1.29 is 4.79 Å².